The minimum Gasteiger partial charge on any atom is -0.465 e. The van der Waals surface area contributed by atoms with Gasteiger partial charge < -0.3 is 20.3 Å². The van der Waals surface area contributed by atoms with Crippen molar-refractivity contribution in [1.82, 2.24) is 4.90 Å². The molecule has 0 radical (unpaired) electrons. The van der Waals surface area contributed by atoms with Gasteiger partial charge in [0.25, 0.3) is 0 Å². The van der Waals surface area contributed by atoms with E-state index in [0.29, 0.717) is 17.2 Å². The first-order chi connectivity index (χ1) is 9.51. The normalized spacial score (nSPS) is 19.1. The number of anilines is 2. The lowest BCUT2D eigenvalue weighted by Crippen LogP contribution is -2.28. The minimum absolute atomic E-state index is 0.333. The molecule has 0 bridgehead atoms. The molecule has 1 aromatic carbocycles. The summed E-state index contributed by atoms with van der Waals surface area (Å²) in [4.78, 5) is 16.1. The average Bonchev–Trinajstić information content (AvgIpc) is 2.83. The van der Waals surface area contributed by atoms with E-state index in [1.807, 2.05) is 7.05 Å². The fraction of sp³-hybridized carbons (Fsp3) is 0.533. The maximum absolute atomic E-state index is 11.6. The molecule has 0 aliphatic carbocycles. The molecule has 1 unspecified atom stereocenters. The quantitative estimate of drug-likeness (QED) is 0.666. The van der Waals surface area contributed by atoms with Crippen LogP contribution in [0.3, 0.4) is 0 Å². The summed E-state index contributed by atoms with van der Waals surface area (Å²) >= 11 is 0. The molecule has 0 spiro atoms. The van der Waals surface area contributed by atoms with Crippen LogP contribution in [-0.2, 0) is 4.74 Å². The highest BCUT2D eigenvalue weighted by Gasteiger charge is 2.22. The van der Waals surface area contributed by atoms with Gasteiger partial charge >= 0.3 is 5.97 Å². The van der Waals surface area contributed by atoms with Crippen molar-refractivity contribution in [3.63, 3.8) is 0 Å². The molecule has 1 atom stereocenters. The van der Waals surface area contributed by atoms with Gasteiger partial charge in [-0.15, -0.1) is 0 Å². The Labute approximate surface area is 120 Å². The van der Waals surface area contributed by atoms with Crippen molar-refractivity contribution < 1.29 is 9.53 Å². The number of nitrogens with two attached hydrogens (primary N) is 1. The van der Waals surface area contributed by atoms with Gasteiger partial charge in [-0.05, 0) is 44.1 Å². The summed E-state index contributed by atoms with van der Waals surface area (Å²) in [5.74, 6) is 0.312. The summed E-state index contributed by atoms with van der Waals surface area (Å²) in [5.41, 5.74) is 8.14. The Balaban J connectivity index is 2.12. The van der Waals surface area contributed by atoms with E-state index in [4.69, 9.17) is 10.5 Å². The Morgan fingerprint density at radius 2 is 2.30 bits per heavy atom. The smallest absolute Gasteiger partial charge is 0.337 e. The van der Waals surface area contributed by atoms with Crippen molar-refractivity contribution in [2.45, 2.75) is 6.42 Å². The SMILES string of the molecule is COC(=O)c1ccc(N)c(N(C)CC2CCN(C)C2)c1. The number of nitrogens with zero attached hydrogens (tertiary/aromatic N) is 2. The molecule has 0 aromatic heterocycles. The predicted molar refractivity (Wildman–Crippen MR) is 81.1 cm³/mol. The maximum Gasteiger partial charge on any atom is 0.337 e. The zero-order valence-corrected chi connectivity index (χ0v) is 12.4. The second-order valence-corrected chi connectivity index (χ2v) is 5.56. The van der Waals surface area contributed by atoms with Crippen LogP contribution in [0.5, 0.6) is 0 Å². The summed E-state index contributed by atoms with van der Waals surface area (Å²) in [6.45, 7) is 3.20. The van der Waals surface area contributed by atoms with Gasteiger partial charge in [-0.25, -0.2) is 4.79 Å². The van der Waals surface area contributed by atoms with Crippen molar-refractivity contribution >= 4 is 17.3 Å². The van der Waals surface area contributed by atoms with Gasteiger partial charge in [0.15, 0.2) is 0 Å². The Morgan fingerprint density at radius 1 is 1.55 bits per heavy atom. The molecule has 0 amide bonds. The Kier molecular flexibility index (Phi) is 4.49. The van der Waals surface area contributed by atoms with E-state index in [0.717, 1.165) is 25.3 Å². The Morgan fingerprint density at radius 3 is 2.90 bits per heavy atom. The molecule has 5 heteroatoms. The highest BCUT2D eigenvalue weighted by molar-refractivity contribution is 5.92. The standard InChI is InChI=1S/C15H23N3O2/c1-17-7-6-11(9-17)10-18(2)14-8-12(15(19)20-3)4-5-13(14)16/h4-5,8,11H,6-7,9-10,16H2,1-3H3. The van der Waals surface area contributed by atoms with Gasteiger partial charge in [0.2, 0.25) is 0 Å². The van der Waals surface area contributed by atoms with Gasteiger partial charge in [0.05, 0.1) is 24.0 Å². The first kappa shape index (κ1) is 14.7. The van der Waals surface area contributed by atoms with Crippen molar-refractivity contribution in [1.29, 1.82) is 0 Å². The second kappa shape index (κ2) is 6.13. The minimum atomic E-state index is -0.333. The molecule has 2 rings (SSSR count). The first-order valence-corrected chi connectivity index (χ1v) is 6.88. The third-order valence-electron chi connectivity index (χ3n) is 3.88. The van der Waals surface area contributed by atoms with E-state index in [2.05, 4.69) is 16.8 Å². The Bertz CT molecular complexity index is 490. The predicted octanol–water partition coefficient (Wildman–Crippen LogP) is 1.44. The number of methoxy groups -OCH3 is 1. The van der Waals surface area contributed by atoms with Crippen LogP contribution >= 0.6 is 0 Å². The van der Waals surface area contributed by atoms with Crippen LogP contribution in [0.4, 0.5) is 11.4 Å². The number of likely N-dealkylation sites (tertiary alicyclic amines) is 1. The number of hydrogen-bond acceptors (Lipinski definition) is 5. The lowest BCUT2D eigenvalue weighted by molar-refractivity contribution is 0.0601. The topological polar surface area (TPSA) is 58.8 Å². The summed E-state index contributed by atoms with van der Waals surface area (Å²) in [6, 6.07) is 5.26. The number of esters is 1. The van der Waals surface area contributed by atoms with Crippen LogP contribution in [0, 0.1) is 5.92 Å². The molecule has 1 fully saturated rings. The van der Waals surface area contributed by atoms with Gasteiger partial charge in [-0.2, -0.15) is 0 Å². The molecule has 110 valence electrons. The van der Waals surface area contributed by atoms with E-state index in [9.17, 15) is 4.79 Å². The molecule has 20 heavy (non-hydrogen) atoms. The third-order valence-corrected chi connectivity index (χ3v) is 3.88. The first-order valence-electron chi connectivity index (χ1n) is 6.88. The number of ether oxygens (including phenoxy) is 1. The van der Waals surface area contributed by atoms with Crippen LogP contribution in [0.1, 0.15) is 16.8 Å². The zero-order chi connectivity index (χ0) is 14.7. The molecule has 1 aliphatic heterocycles. The van der Waals surface area contributed by atoms with Crippen LogP contribution in [0.25, 0.3) is 0 Å². The van der Waals surface area contributed by atoms with Gasteiger partial charge in [-0.3, -0.25) is 0 Å². The van der Waals surface area contributed by atoms with E-state index in [-0.39, 0.29) is 5.97 Å². The summed E-state index contributed by atoms with van der Waals surface area (Å²) in [7, 11) is 5.55. The maximum atomic E-state index is 11.6. The molecular formula is C15H23N3O2. The zero-order valence-electron chi connectivity index (χ0n) is 12.4. The highest BCUT2D eigenvalue weighted by atomic mass is 16.5. The Hall–Kier alpha value is -1.75. The van der Waals surface area contributed by atoms with Crippen LogP contribution in [0.15, 0.2) is 18.2 Å². The average molecular weight is 277 g/mol. The molecule has 1 aromatic rings. The van der Waals surface area contributed by atoms with Crippen LogP contribution < -0.4 is 10.6 Å². The largest absolute Gasteiger partial charge is 0.465 e. The van der Waals surface area contributed by atoms with E-state index < -0.39 is 0 Å². The van der Waals surface area contributed by atoms with E-state index in [1.54, 1.807) is 18.2 Å². The molecule has 5 nitrogen and oxygen atoms in total. The monoisotopic (exact) mass is 277 g/mol. The van der Waals surface area contributed by atoms with Crippen LogP contribution in [-0.4, -0.2) is 51.7 Å². The number of nitrogen functional groups attached to an aromatic ring is 1. The van der Waals surface area contributed by atoms with Crippen LogP contribution in [0.2, 0.25) is 0 Å². The lowest BCUT2D eigenvalue weighted by atomic mass is 10.1. The number of rotatable bonds is 4. The van der Waals surface area contributed by atoms with Crippen molar-refractivity contribution in [2.75, 3.05) is 51.5 Å². The number of hydrogen-bond donors (Lipinski definition) is 1. The second-order valence-electron chi connectivity index (χ2n) is 5.56. The van der Waals surface area contributed by atoms with Crippen molar-refractivity contribution in [2.24, 2.45) is 5.92 Å². The summed E-state index contributed by atoms with van der Waals surface area (Å²) in [5, 5.41) is 0. The molecule has 1 saturated heterocycles. The number of benzene rings is 1. The van der Waals surface area contributed by atoms with Crippen molar-refractivity contribution in [3.05, 3.63) is 23.8 Å². The lowest BCUT2D eigenvalue weighted by Gasteiger charge is -2.25. The highest BCUT2D eigenvalue weighted by Crippen LogP contribution is 2.26. The van der Waals surface area contributed by atoms with E-state index >= 15 is 0 Å². The fourth-order valence-electron chi connectivity index (χ4n) is 2.78. The number of carbonyl (C=O) groups excluding carboxylic acids is 1. The number of carbonyl (C=O) groups is 1. The summed E-state index contributed by atoms with van der Waals surface area (Å²) < 4.78 is 4.75. The fourth-order valence-corrected chi connectivity index (χ4v) is 2.78. The molecular weight excluding hydrogens is 254 g/mol. The van der Waals surface area contributed by atoms with Gasteiger partial charge in [-0.1, -0.05) is 0 Å². The third kappa shape index (κ3) is 3.22. The van der Waals surface area contributed by atoms with E-state index in [1.165, 1.54) is 13.5 Å². The van der Waals surface area contributed by atoms with Gasteiger partial charge in [0, 0.05) is 20.1 Å². The van der Waals surface area contributed by atoms with Gasteiger partial charge in [0.1, 0.15) is 0 Å². The molecule has 2 N–H and O–H groups in total. The molecule has 1 heterocycles. The van der Waals surface area contributed by atoms with Crippen molar-refractivity contribution in [3.8, 4) is 0 Å². The summed E-state index contributed by atoms with van der Waals surface area (Å²) in [6.07, 6.45) is 1.21. The molecule has 1 aliphatic rings. The molecule has 0 saturated carbocycles.